The van der Waals surface area contributed by atoms with Gasteiger partial charge in [0.1, 0.15) is 49.0 Å². The lowest BCUT2D eigenvalue weighted by Gasteiger charge is -2.44. The van der Waals surface area contributed by atoms with E-state index in [4.69, 9.17) is 32.1 Å². The van der Waals surface area contributed by atoms with Crippen molar-refractivity contribution in [2.24, 2.45) is 0 Å². The molecule has 7 N–H and O–H groups in total. The summed E-state index contributed by atoms with van der Waals surface area (Å²) < 4.78 is 63.4. The Morgan fingerprint density at radius 1 is 1.10 bits per heavy atom. The van der Waals surface area contributed by atoms with E-state index in [2.05, 4.69) is 5.32 Å². The molecule has 1 amide bonds. The van der Waals surface area contributed by atoms with Crippen LogP contribution in [0.5, 0.6) is 0 Å². The van der Waals surface area contributed by atoms with Gasteiger partial charge in [-0.25, -0.2) is 13.7 Å². The molecule has 2 aliphatic rings. The standard InChI is InChI=1S/C20H33N3O17P2/c1-9(26)21-13-17(34-2)15(29)10(6-24)38-19(13)39-41(32,8-25)40-42(33,35-3)36-7-11-14(28)16(30)18(37-11)23-5-4-12(27)22-20(23)31/h4-5,10-11,13-19,24-25,28-30H,6-8H2,1-3H3,(H,21,26)(H,22,27,31). The highest BCUT2D eigenvalue weighted by atomic mass is 31.3. The number of hydrogen-bond acceptors (Lipinski definition) is 17. The summed E-state index contributed by atoms with van der Waals surface area (Å²) in [6, 6.07) is -0.397. The topological polar surface area (TPSA) is 284 Å². The highest BCUT2D eigenvalue weighted by Gasteiger charge is 2.51. The zero-order valence-corrected chi connectivity index (χ0v) is 24.2. The van der Waals surface area contributed by atoms with Crippen LogP contribution in [-0.4, -0.2) is 124 Å². The van der Waals surface area contributed by atoms with Crippen molar-refractivity contribution >= 4 is 21.3 Å². The van der Waals surface area contributed by atoms with Crippen molar-refractivity contribution in [2.45, 2.75) is 62.1 Å². The normalized spacial score (nSPS) is 34.4. The summed E-state index contributed by atoms with van der Waals surface area (Å²) in [6.45, 7) is -0.500. The molecule has 3 heterocycles. The molecule has 1 aromatic rings. The number of ether oxygens (including phenoxy) is 3. The molecule has 0 spiro atoms. The second kappa shape index (κ2) is 14.3. The van der Waals surface area contributed by atoms with E-state index in [-0.39, 0.29) is 0 Å². The number of hydrogen-bond donors (Lipinski definition) is 7. The summed E-state index contributed by atoms with van der Waals surface area (Å²) >= 11 is 0. The van der Waals surface area contributed by atoms with Crippen LogP contribution in [0.15, 0.2) is 21.9 Å². The number of carbonyl (C=O) groups is 1. The van der Waals surface area contributed by atoms with E-state index in [1.54, 1.807) is 0 Å². The van der Waals surface area contributed by atoms with Crippen molar-refractivity contribution in [3.63, 3.8) is 0 Å². The molecule has 11 unspecified atom stereocenters. The molecule has 2 fully saturated rings. The van der Waals surface area contributed by atoms with Gasteiger partial charge in [-0.3, -0.25) is 37.3 Å². The van der Waals surface area contributed by atoms with Crippen LogP contribution in [0.4, 0.5) is 0 Å². The van der Waals surface area contributed by atoms with Crippen molar-refractivity contribution in [3.05, 3.63) is 33.1 Å². The summed E-state index contributed by atoms with van der Waals surface area (Å²) in [4.78, 5) is 37.1. The number of aromatic amines is 1. The number of nitrogens with zero attached hydrogens (tertiary/aromatic N) is 1. The van der Waals surface area contributed by atoms with Crippen molar-refractivity contribution in [2.75, 3.05) is 33.8 Å². The predicted molar refractivity (Wildman–Crippen MR) is 135 cm³/mol. The zero-order chi connectivity index (χ0) is 31.4. The molecule has 0 saturated carbocycles. The van der Waals surface area contributed by atoms with E-state index in [0.29, 0.717) is 0 Å². The first-order chi connectivity index (χ1) is 19.7. The first kappa shape index (κ1) is 34.6. The third-order valence-corrected chi connectivity index (χ3v) is 9.82. The van der Waals surface area contributed by atoms with Crippen molar-refractivity contribution in [1.29, 1.82) is 0 Å². The number of aliphatic hydroxyl groups excluding tert-OH is 5. The molecule has 1 aromatic heterocycles. The third kappa shape index (κ3) is 7.79. The van der Waals surface area contributed by atoms with E-state index < -0.39 is 107 Å². The summed E-state index contributed by atoms with van der Waals surface area (Å²) in [5.74, 6) is -0.653. The number of methoxy groups -OCH3 is 1. The Bertz CT molecular complexity index is 1290. The van der Waals surface area contributed by atoms with Crippen LogP contribution in [0.2, 0.25) is 0 Å². The van der Waals surface area contributed by atoms with E-state index in [1.165, 1.54) is 7.11 Å². The number of phosphoric ester groups is 1. The number of aliphatic hydroxyl groups is 5. The Labute approximate surface area is 237 Å². The van der Waals surface area contributed by atoms with Crippen LogP contribution >= 0.6 is 15.4 Å². The minimum atomic E-state index is -4.93. The third-order valence-electron chi connectivity index (χ3n) is 6.24. The molecule has 11 atom stereocenters. The fourth-order valence-corrected chi connectivity index (χ4v) is 7.25. The summed E-state index contributed by atoms with van der Waals surface area (Å²) in [5, 5.41) is 52.9. The van der Waals surface area contributed by atoms with Crippen molar-refractivity contribution in [1.82, 2.24) is 14.9 Å². The molecule has 42 heavy (non-hydrogen) atoms. The van der Waals surface area contributed by atoms with Gasteiger partial charge in [-0.2, -0.15) is 0 Å². The Hall–Kier alpha value is -1.87. The van der Waals surface area contributed by atoms with Crippen LogP contribution in [-0.2, 0) is 46.0 Å². The SMILES string of the molecule is COC1C(O)C(CO)OC(OP(=O)(CO)OP(=O)(OC)OCC2OC(n3ccc(=O)[nH]c3=O)C(O)C2O)C1NC(C)=O. The predicted octanol–water partition coefficient (Wildman–Crippen LogP) is -3.30. The van der Waals surface area contributed by atoms with E-state index in [9.17, 15) is 49.0 Å². The molecule has 0 aromatic carbocycles. The van der Waals surface area contributed by atoms with Crippen LogP contribution in [0.3, 0.4) is 0 Å². The monoisotopic (exact) mass is 649 g/mol. The summed E-state index contributed by atoms with van der Waals surface area (Å²) in [7, 11) is -7.86. The second-order valence-electron chi connectivity index (χ2n) is 9.07. The average molecular weight is 649 g/mol. The number of rotatable bonds is 13. The highest BCUT2D eigenvalue weighted by Crippen LogP contribution is 2.65. The molecule has 0 aliphatic carbocycles. The minimum Gasteiger partial charge on any atom is -0.394 e. The molecule has 3 rings (SSSR count). The lowest BCUT2D eigenvalue weighted by Crippen LogP contribution is -2.65. The number of aromatic nitrogens is 2. The second-order valence-corrected chi connectivity index (χ2v) is 13.0. The van der Waals surface area contributed by atoms with Gasteiger partial charge in [-0.05, 0) is 0 Å². The number of carbonyl (C=O) groups excluding carboxylic acids is 1. The summed E-state index contributed by atoms with van der Waals surface area (Å²) in [6.07, 6.45) is -12.7. The molecule has 240 valence electrons. The average Bonchev–Trinajstić information content (AvgIpc) is 3.22. The van der Waals surface area contributed by atoms with Gasteiger partial charge < -0.3 is 45.1 Å². The lowest BCUT2D eigenvalue weighted by atomic mass is 9.97. The Kier molecular flexibility index (Phi) is 11.8. The van der Waals surface area contributed by atoms with Gasteiger partial charge in [-0.15, -0.1) is 0 Å². The van der Waals surface area contributed by atoms with Gasteiger partial charge in [0.2, 0.25) is 5.91 Å². The Morgan fingerprint density at radius 3 is 2.33 bits per heavy atom. The van der Waals surface area contributed by atoms with Gasteiger partial charge >= 0.3 is 21.1 Å². The molecule has 0 bridgehead atoms. The van der Waals surface area contributed by atoms with E-state index in [0.717, 1.165) is 30.9 Å². The van der Waals surface area contributed by atoms with Gasteiger partial charge in [0.15, 0.2) is 12.5 Å². The Balaban J connectivity index is 1.75. The van der Waals surface area contributed by atoms with Crippen molar-refractivity contribution in [3.8, 4) is 0 Å². The van der Waals surface area contributed by atoms with E-state index in [1.807, 2.05) is 4.98 Å². The number of H-pyrrole nitrogens is 1. The molecular weight excluding hydrogens is 616 g/mol. The molecular formula is C20H33N3O17P2. The minimum absolute atomic E-state index is 0.653. The summed E-state index contributed by atoms with van der Waals surface area (Å²) in [5.41, 5.74) is -1.68. The Morgan fingerprint density at radius 2 is 1.79 bits per heavy atom. The maximum absolute atomic E-state index is 13.4. The molecule has 2 saturated heterocycles. The van der Waals surface area contributed by atoms with Gasteiger partial charge in [-0.1, -0.05) is 0 Å². The van der Waals surface area contributed by atoms with E-state index >= 15 is 0 Å². The lowest BCUT2D eigenvalue weighted by molar-refractivity contribution is -0.250. The molecule has 2 aliphatic heterocycles. The van der Waals surface area contributed by atoms with Crippen LogP contribution in [0.25, 0.3) is 0 Å². The van der Waals surface area contributed by atoms with Gasteiger partial charge in [0.25, 0.3) is 5.56 Å². The molecule has 0 radical (unpaired) electrons. The number of phosphoric acid groups is 1. The zero-order valence-electron chi connectivity index (χ0n) is 22.4. The van der Waals surface area contributed by atoms with Gasteiger partial charge in [0.05, 0.1) is 13.2 Å². The van der Waals surface area contributed by atoms with Crippen molar-refractivity contribution < 1.29 is 71.5 Å². The number of amides is 1. The van der Waals surface area contributed by atoms with Crippen LogP contribution < -0.4 is 16.6 Å². The van der Waals surface area contributed by atoms with Gasteiger partial charge in [0, 0.05) is 33.4 Å². The molecule has 20 nitrogen and oxygen atoms in total. The number of nitrogens with one attached hydrogen (secondary N) is 2. The van der Waals surface area contributed by atoms with Crippen LogP contribution in [0, 0.1) is 0 Å². The maximum atomic E-state index is 13.4. The first-order valence-electron chi connectivity index (χ1n) is 12.2. The van der Waals surface area contributed by atoms with Crippen LogP contribution in [0.1, 0.15) is 13.2 Å². The smallest absolute Gasteiger partial charge is 0.394 e. The largest absolute Gasteiger partial charge is 0.481 e. The highest BCUT2D eigenvalue weighted by molar-refractivity contribution is 7.64. The fourth-order valence-electron chi connectivity index (χ4n) is 4.22. The molecule has 22 heteroatoms. The quantitative estimate of drug-likeness (QED) is 0.103. The fraction of sp³-hybridized carbons (Fsp3) is 0.750. The maximum Gasteiger partial charge on any atom is 0.481 e. The first-order valence-corrected chi connectivity index (χ1v) is 15.4.